The second kappa shape index (κ2) is 6.26. The molecule has 1 heterocycles. The van der Waals surface area contributed by atoms with Gasteiger partial charge in [0.1, 0.15) is 5.84 Å². The van der Waals surface area contributed by atoms with E-state index in [-0.39, 0.29) is 10.8 Å². The molecule has 0 radical (unpaired) electrons. The quantitative estimate of drug-likeness (QED) is 0.924. The van der Waals surface area contributed by atoms with E-state index in [0.29, 0.717) is 17.9 Å². The molecule has 0 saturated carbocycles. The molecule has 1 aromatic rings. The van der Waals surface area contributed by atoms with Crippen LogP contribution in [0.2, 0.25) is 0 Å². The molecule has 1 fully saturated rings. The fourth-order valence-electron chi connectivity index (χ4n) is 2.17. The fraction of sp³-hybridized carbons (Fsp3) is 0.429. The average Bonchev–Trinajstić information content (AvgIpc) is 2.41. The van der Waals surface area contributed by atoms with Crippen molar-refractivity contribution in [2.75, 3.05) is 18.9 Å². The van der Waals surface area contributed by atoms with Crippen LogP contribution >= 0.6 is 0 Å². The van der Waals surface area contributed by atoms with Gasteiger partial charge >= 0.3 is 0 Å². The minimum absolute atomic E-state index is 0.128. The summed E-state index contributed by atoms with van der Waals surface area (Å²) in [4.78, 5) is 12.9. The molecule has 2 rings (SSSR count). The average molecular weight is 309 g/mol. The van der Waals surface area contributed by atoms with Gasteiger partial charge in [0.25, 0.3) is 10.0 Å². The van der Waals surface area contributed by atoms with Crippen LogP contribution in [-0.4, -0.2) is 38.7 Å². The Balaban J connectivity index is 2.23. The van der Waals surface area contributed by atoms with Crippen LogP contribution in [-0.2, 0) is 14.8 Å². The molecule has 1 aliphatic rings. The Morgan fingerprint density at radius 2 is 1.90 bits per heavy atom. The van der Waals surface area contributed by atoms with Crippen LogP contribution in [0, 0.1) is 0 Å². The van der Waals surface area contributed by atoms with Crippen molar-refractivity contribution >= 4 is 27.5 Å². The zero-order valence-corrected chi connectivity index (χ0v) is 13.0. The second-order valence-corrected chi connectivity index (χ2v) is 6.67. The van der Waals surface area contributed by atoms with Gasteiger partial charge in [-0.25, -0.2) is 0 Å². The van der Waals surface area contributed by atoms with Crippen molar-refractivity contribution in [3.63, 3.8) is 0 Å². The zero-order chi connectivity index (χ0) is 15.5. The van der Waals surface area contributed by atoms with Gasteiger partial charge in [-0.15, -0.1) is 4.40 Å². The SMILES string of the molecule is CC(=O)Nc1ccc(S(=O)(=O)/N=C2/CCCCN2C)cc1. The number of anilines is 1. The van der Waals surface area contributed by atoms with Gasteiger partial charge in [-0.3, -0.25) is 4.79 Å². The van der Waals surface area contributed by atoms with E-state index in [1.54, 1.807) is 12.1 Å². The Morgan fingerprint density at radius 3 is 2.48 bits per heavy atom. The molecule has 0 bridgehead atoms. The third-order valence-corrected chi connectivity index (χ3v) is 4.60. The Hall–Kier alpha value is -1.89. The Labute approximate surface area is 124 Å². The van der Waals surface area contributed by atoms with Crippen molar-refractivity contribution in [1.82, 2.24) is 4.90 Å². The van der Waals surface area contributed by atoms with E-state index >= 15 is 0 Å². The summed E-state index contributed by atoms with van der Waals surface area (Å²) in [5.74, 6) is 0.405. The van der Waals surface area contributed by atoms with E-state index in [4.69, 9.17) is 0 Å². The van der Waals surface area contributed by atoms with Crippen LogP contribution < -0.4 is 5.32 Å². The number of likely N-dealkylation sites (tertiary alicyclic amines) is 1. The van der Waals surface area contributed by atoms with Gasteiger partial charge in [0.05, 0.1) is 4.90 Å². The summed E-state index contributed by atoms with van der Waals surface area (Å²) >= 11 is 0. The van der Waals surface area contributed by atoms with Gasteiger partial charge in [-0.1, -0.05) is 0 Å². The summed E-state index contributed by atoms with van der Waals surface area (Å²) < 4.78 is 28.5. The largest absolute Gasteiger partial charge is 0.362 e. The zero-order valence-electron chi connectivity index (χ0n) is 12.2. The standard InChI is InChI=1S/C14H19N3O3S/c1-11(18)15-12-6-8-13(9-7-12)21(19,20)16-14-5-3-4-10-17(14)2/h6-9H,3-5,10H2,1-2H3,(H,15,18)/b16-14-. The first-order valence-electron chi connectivity index (χ1n) is 6.81. The summed E-state index contributed by atoms with van der Waals surface area (Å²) in [5, 5.41) is 2.59. The first-order valence-corrected chi connectivity index (χ1v) is 8.25. The van der Waals surface area contributed by atoms with E-state index in [1.807, 2.05) is 11.9 Å². The molecular formula is C14H19N3O3S. The number of piperidine rings is 1. The predicted octanol–water partition coefficient (Wildman–Crippen LogP) is 1.85. The normalized spacial score (nSPS) is 17.8. The van der Waals surface area contributed by atoms with Gasteiger partial charge in [-0.05, 0) is 37.1 Å². The molecule has 1 aliphatic heterocycles. The lowest BCUT2D eigenvalue weighted by Gasteiger charge is -2.25. The van der Waals surface area contributed by atoms with Crippen molar-refractivity contribution < 1.29 is 13.2 Å². The highest BCUT2D eigenvalue weighted by atomic mass is 32.2. The highest BCUT2D eigenvalue weighted by Crippen LogP contribution is 2.19. The first kappa shape index (κ1) is 15.5. The van der Waals surface area contributed by atoms with Crippen LogP contribution in [0.3, 0.4) is 0 Å². The van der Waals surface area contributed by atoms with E-state index in [9.17, 15) is 13.2 Å². The van der Waals surface area contributed by atoms with Crippen LogP contribution in [0.4, 0.5) is 5.69 Å². The number of nitrogens with zero attached hydrogens (tertiary/aromatic N) is 2. The molecule has 21 heavy (non-hydrogen) atoms. The molecule has 0 aromatic heterocycles. The lowest BCUT2D eigenvalue weighted by atomic mass is 10.1. The summed E-state index contributed by atoms with van der Waals surface area (Å²) in [6, 6.07) is 6.01. The summed E-state index contributed by atoms with van der Waals surface area (Å²) in [7, 11) is -1.85. The maximum atomic E-state index is 12.3. The van der Waals surface area contributed by atoms with Crippen molar-refractivity contribution in [2.24, 2.45) is 4.40 Å². The monoisotopic (exact) mass is 309 g/mol. The minimum Gasteiger partial charge on any atom is -0.362 e. The summed E-state index contributed by atoms with van der Waals surface area (Å²) in [6.45, 7) is 2.23. The highest BCUT2D eigenvalue weighted by Gasteiger charge is 2.18. The van der Waals surface area contributed by atoms with Crippen LogP contribution in [0.25, 0.3) is 0 Å². The molecular weight excluding hydrogens is 290 g/mol. The second-order valence-electron chi connectivity index (χ2n) is 5.07. The predicted molar refractivity (Wildman–Crippen MR) is 81.8 cm³/mol. The molecule has 114 valence electrons. The first-order chi connectivity index (χ1) is 9.88. The van der Waals surface area contributed by atoms with Gasteiger partial charge in [0.15, 0.2) is 0 Å². The fourth-order valence-corrected chi connectivity index (χ4v) is 3.27. The smallest absolute Gasteiger partial charge is 0.283 e. The highest BCUT2D eigenvalue weighted by molar-refractivity contribution is 7.90. The molecule has 7 heteroatoms. The number of carbonyl (C=O) groups excluding carboxylic acids is 1. The number of nitrogens with one attached hydrogen (secondary N) is 1. The van der Waals surface area contributed by atoms with E-state index in [1.165, 1.54) is 19.1 Å². The van der Waals surface area contributed by atoms with Crippen molar-refractivity contribution in [2.45, 2.75) is 31.1 Å². The van der Waals surface area contributed by atoms with E-state index < -0.39 is 10.0 Å². The maximum absolute atomic E-state index is 12.3. The van der Waals surface area contributed by atoms with Crippen molar-refractivity contribution in [3.8, 4) is 0 Å². The van der Waals surface area contributed by atoms with Gasteiger partial charge < -0.3 is 10.2 Å². The van der Waals surface area contributed by atoms with Crippen LogP contribution in [0.5, 0.6) is 0 Å². The number of sulfonamides is 1. The van der Waals surface area contributed by atoms with Crippen LogP contribution in [0.15, 0.2) is 33.6 Å². The van der Waals surface area contributed by atoms with Gasteiger partial charge in [-0.2, -0.15) is 8.42 Å². The number of amidine groups is 1. The third kappa shape index (κ3) is 4.04. The van der Waals surface area contributed by atoms with E-state index in [2.05, 4.69) is 9.71 Å². The molecule has 1 N–H and O–H groups in total. The molecule has 1 saturated heterocycles. The lowest BCUT2D eigenvalue weighted by molar-refractivity contribution is -0.114. The molecule has 0 unspecified atom stereocenters. The molecule has 0 spiro atoms. The Bertz CT molecular complexity index is 651. The molecule has 0 aliphatic carbocycles. The number of rotatable bonds is 3. The Morgan fingerprint density at radius 1 is 1.24 bits per heavy atom. The van der Waals surface area contributed by atoms with Crippen molar-refractivity contribution in [3.05, 3.63) is 24.3 Å². The number of hydrogen-bond acceptors (Lipinski definition) is 3. The number of benzene rings is 1. The summed E-state index contributed by atoms with van der Waals surface area (Å²) in [5.41, 5.74) is 0.559. The van der Waals surface area contributed by atoms with Crippen LogP contribution in [0.1, 0.15) is 26.2 Å². The molecule has 1 amide bonds. The number of carbonyl (C=O) groups is 1. The van der Waals surface area contributed by atoms with Gasteiger partial charge in [0, 0.05) is 32.6 Å². The molecule has 1 aromatic carbocycles. The maximum Gasteiger partial charge on any atom is 0.283 e. The van der Waals surface area contributed by atoms with E-state index in [0.717, 1.165) is 19.4 Å². The molecule has 0 atom stereocenters. The van der Waals surface area contributed by atoms with Crippen molar-refractivity contribution in [1.29, 1.82) is 0 Å². The number of amides is 1. The minimum atomic E-state index is -3.70. The number of hydrogen-bond donors (Lipinski definition) is 1. The third-order valence-electron chi connectivity index (χ3n) is 3.28. The summed E-state index contributed by atoms with van der Waals surface area (Å²) in [6.07, 6.45) is 2.70. The lowest BCUT2D eigenvalue weighted by Crippen LogP contribution is -2.32. The van der Waals surface area contributed by atoms with Gasteiger partial charge in [0.2, 0.25) is 5.91 Å². The topological polar surface area (TPSA) is 78.8 Å². The molecule has 6 nitrogen and oxygen atoms in total. The Kier molecular flexibility index (Phi) is 4.62.